The van der Waals surface area contributed by atoms with Crippen LogP contribution in [0.2, 0.25) is 0 Å². The van der Waals surface area contributed by atoms with E-state index < -0.39 is 0 Å². The van der Waals surface area contributed by atoms with Crippen molar-refractivity contribution in [3.8, 4) is 0 Å². The first kappa shape index (κ1) is 5.09. The van der Waals surface area contributed by atoms with E-state index in [1.165, 1.54) is 0 Å². The van der Waals surface area contributed by atoms with Crippen molar-refractivity contribution in [2.75, 3.05) is 0 Å². The fraction of sp³-hybridized carbons (Fsp3) is 0.750. The molecule has 0 aliphatic rings. The molecule has 0 saturated carbocycles. The molecule has 0 aromatic carbocycles. The summed E-state index contributed by atoms with van der Waals surface area (Å²) >= 11 is 3.83. The van der Waals surface area contributed by atoms with Crippen molar-refractivity contribution in [1.82, 2.24) is 0 Å². The molecule has 0 saturated heterocycles. The summed E-state index contributed by atoms with van der Waals surface area (Å²) in [6.07, 6.45) is 0.986. The first-order chi connectivity index (χ1) is 2.91. The van der Waals surface area contributed by atoms with Gasteiger partial charge in [-0.05, 0) is 5.87 Å². The second-order valence-electron chi connectivity index (χ2n) is 0.500. The van der Waals surface area contributed by atoms with E-state index in [-0.39, 0.29) is 0 Å². The Balaban J connectivity index is 0. The minimum Gasteiger partial charge on any atom is -0.0973 e. The maximum Gasteiger partial charge on any atom is 0.0230 e. The second kappa shape index (κ2) is 32.9. The Morgan fingerprint density at radius 3 is 2.20 bits per heavy atom. The van der Waals surface area contributed by atoms with Crippen molar-refractivity contribution < 1.29 is 1.37 Å². The third kappa shape index (κ3) is 2210. The maximum absolute atomic E-state index is 6.45. The Bertz CT molecular complexity index is 15.0. The second-order valence-corrected chi connectivity index (χ2v) is 0.500. The molecule has 0 nitrogen and oxygen atoms in total. The quantitative estimate of drug-likeness (QED) is 0.412. The highest BCUT2D eigenvalue weighted by atomic mass is 32.1. The largest absolute Gasteiger partial charge is 0.0973 e. The van der Waals surface area contributed by atoms with Crippen LogP contribution in [0.1, 0.15) is 21.6 Å². The fourth-order valence-corrected chi connectivity index (χ4v) is 0. The van der Waals surface area contributed by atoms with E-state index in [0.717, 1.165) is 6.42 Å². The third-order valence-electron chi connectivity index (χ3n) is 0. The molecule has 0 rings (SSSR count). The standard InChI is InChI=1S/C3H8.CH2S/c1-3-2;1-2/h3H2,1-2H3;1H2/i1T;. The molecule has 1 heteroatoms. The molecule has 0 heterocycles. The summed E-state index contributed by atoms with van der Waals surface area (Å²) in [6, 6.07) is 0. The molecule has 0 bridgehead atoms. The summed E-state index contributed by atoms with van der Waals surface area (Å²) in [5.41, 5.74) is 0. The van der Waals surface area contributed by atoms with Gasteiger partial charge in [-0.2, -0.15) is 0 Å². The maximum atomic E-state index is 6.45. The minimum atomic E-state index is 0.569. The smallest absolute Gasteiger partial charge is 0.0230 e. The van der Waals surface area contributed by atoms with E-state index in [0.29, 0.717) is 6.90 Å². The summed E-state index contributed by atoms with van der Waals surface area (Å²) in [4.78, 5) is 0. The topological polar surface area (TPSA) is 0 Å². The average Bonchev–Trinajstić information content (AvgIpc) is 1.72. The molecule has 5 heavy (non-hydrogen) atoms. The first-order valence-electron chi connectivity index (χ1n) is 2.20. The van der Waals surface area contributed by atoms with Gasteiger partial charge in [0.05, 0.1) is 0 Å². The molecular formula is C4H10S. The monoisotopic (exact) mass is 92.1 g/mol. The molecular weight excluding hydrogens is 80.1 g/mol. The van der Waals surface area contributed by atoms with Gasteiger partial charge in [0, 0.05) is 1.37 Å². The van der Waals surface area contributed by atoms with Crippen LogP contribution >= 0.6 is 12.2 Å². The highest BCUT2D eigenvalue weighted by Crippen LogP contribution is 1.56. The lowest BCUT2D eigenvalue weighted by atomic mass is 10.6. The van der Waals surface area contributed by atoms with Gasteiger partial charge in [-0.25, -0.2) is 0 Å². The van der Waals surface area contributed by atoms with Crippen LogP contribution in [0.15, 0.2) is 0 Å². The van der Waals surface area contributed by atoms with E-state index in [9.17, 15) is 0 Å². The zero-order valence-corrected chi connectivity index (χ0v) is 4.35. The summed E-state index contributed by atoms with van der Waals surface area (Å²) in [5, 5.41) is 0. The van der Waals surface area contributed by atoms with Crippen molar-refractivity contribution in [2.24, 2.45) is 0 Å². The van der Waals surface area contributed by atoms with Crippen LogP contribution in [0.3, 0.4) is 0 Å². The Morgan fingerprint density at radius 1 is 2.00 bits per heavy atom. The van der Waals surface area contributed by atoms with E-state index in [1.54, 1.807) is 0 Å². The molecule has 32 valence electrons. The van der Waals surface area contributed by atoms with Crippen LogP contribution in [0.4, 0.5) is 0 Å². The lowest BCUT2D eigenvalue weighted by molar-refractivity contribution is 1.09. The van der Waals surface area contributed by atoms with Crippen molar-refractivity contribution in [2.45, 2.75) is 20.2 Å². The van der Waals surface area contributed by atoms with Crippen molar-refractivity contribution in [1.29, 1.82) is 0 Å². The molecule has 0 amide bonds. The van der Waals surface area contributed by atoms with E-state index in [2.05, 4.69) is 18.1 Å². The highest BCUT2D eigenvalue weighted by molar-refractivity contribution is 7.77. The fourth-order valence-electron chi connectivity index (χ4n) is 0. The van der Waals surface area contributed by atoms with Gasteiger partial charge in [-0.1, -0.05) is 32.5 Å². The molecule has 0 unspecified atom stereocenters. The van der Waals surface area contributed by atoms with Crippen LogP contribution < -0.4 is 0 Å². The van der Waals surface area contributed by atoms with Gasteiger partial charge in [-0.3, -0.25) is 0 Å². The van der Waals surface area contributed by atoms with Gasteiger partial charge >= 0.3 is 0 Å². The zero-order chi connectivity index (χ0) is 5.41. The average molecular weight is 92.2 g/mol. The van der Waals surface area contributed by atoms with Crippen molar-refractivity contribution in [3.63, 3.8) is 0 Å². The Kier molecular flexibility index (Phi) is 33.5. The van der Waals surface area contributed by atoms with Crippen molar-refractivity contribution >= 4 is 18.1 Å². The summed E-state index contributed by atoms with van der Waals surface area (Å²) in [5.74, 6) is 2.83. The van der Waals surface area contributed by atoms with Gasteiger partial charge in [0.25, 0.3) is 0 Å². The van der Waals surface area contributed by atoms with Crippen LogP contribution in [0.5, 0.6) is 0 Å². The minimum absolute atomic E-state index is 0.569. The lowest BCUT2D eigenvalue weighted by Crippen LogP contribution is -1.27. The van der Waals surface area contributed by atoms with E-state index >= 15 is 0 Å². The molecule has 0 fully saturated rings. The Hall–Kier alpha value is 0.0900. The predicted octanol–water partition coefficient (Wildman–Crippen LogP) is 2.03. The molecule has 0 aliphatic heterocycles. The third-order valence-corrected chi connectivity index (χ3v) is 0. The number of thiocarbonyl (C=S) groups is 1. The van der Waals surface area contributed by atoms with E-state index in [4.69, 9.17) is 1.37 Å². The van der Waals surface area contributed by atoms with Crippen LogP contribution in [-0.2, 0) is 0 Å². The van der Waals surface area contributed by atoms with Crippen LogP contribution in [0.25, 0.3) is 0 Å². The summed E-state index contributed by atoms with van der Waals surface area (Å²) in [6.45, 7) is 2.56. The van der Waals surface area contributed by atoms with Gasteiger partial charge in [-0.15, -0.1) is 0 Å². The SMILES string of the molecule is C=S.[3H]CCC. The first-order valence-corrected chi connectivity index (χ1v) is 2.07. The summed E-state index contributed by atoms with van der Waals surface area (Å²) < 4.78 is 6.45. The van der Waals surface area contributed by atoms with Gasteiger partial charge in [0.2, 0.25) is 0 Å². The molecule has 0 aromatic heterocycles. The van der Waals surface area contributed by atoms with Gasteiger partial charge in [0.15, 0.2) is 0 Å². The Morgan fingerprint density at radius 2 is 2.20 bits per heavy atom. The lowest BCUT2D eigenvalue weighted by Gasteiger charge is -1.48. The molecule has 0 atom stereocenters. The summed E-state index contributed by atoms with van der Waals surface area (Å²) in [7, 11) is 0. The van der Waals surface area contributed by atoms with Crippen molar-refractivity contribution in [3.05, 3.63) is 0 Å². The predicted molar refractivity (Wildman–Crippen MR) is 30.7 cm³/mol. The normalized spacial score (nSPS) is 7.00. The van der Waals surface area contributed by atoms with Crippen LogP contribution in [0, 0.1) is 0 Å². The molecule has 0 N–H and O–H groups in total. The highest BCUT2D eigenvalue weighted by Gasteiger charge is 1.35. The van der Waals surface area contributed by atoms with E-state index in [1.807, 2.05) is 6.92 Å². The molecule has 0 aliphatic carbocycles. The van der Waals surface area contributed by atoms with Gasteiger partial charge in [0.1, 0.15) is 0 Å². The number of hydrogen-bond acceptors (Lipinski definition) is 1. The molecule has 0 aromatic rings. The number of hydrogen-bond donors (Lipinski definition) is 0. The Labute approximate surface area is 40.6 Å². The molecule has 0 spiro atoms. The van der Waals surface area contributed by atoms with Gasteiger partial charge < -0.3 is 0 Å². The molecule has 0 radical (unpaired) electrons. The zero-order valence-electron chi connectivity index (χ0n) is 4.53. The number of rotatable bonds is 0. The van der Waals surface area contributed by atoms with Crippen LogP contribution in [-0.4, -0.2) is 5.87 Å².